The van der Waals surface area contributed by atoms with Gasteiger partial charge in [-0.05, 0) is 30.2 Å². The lowest BCUT2D eigenvalue weighted by Gasteiger charge is -2.35. The summed E-state index contributed by atoms with van der Waals surface area (Å²) in [5.41, 5.74) is 1.18. The molecule has 1 amide bonds. The average molecular weight is 392 g/mol. The molecule has 0 bridgehead atoms. The number of halogens is 3. The SMILES string of the molecule is CCc1ccccc1NC(=O)CN1CCN(c2ccc(C(F)(F)F)cn2)CC1. The minimum absolute atomic E-state index is 0.0676. The summed E-state index contributed by atoms with van der Waals surface area (Å²) in [5.74, 6) is 0.455. The smallest absolute Gasteiger partial charge is 0.354 e. The van der Waals surface area contributed by atoms with Crippen LogP contribution in [0.4, 0.5) is 24.7 Å². The van der Waals surface area contributed by atoms with Crippen molar-refractivity contribution in [1.29, 1.82) is 0 Å². The van der Waals surface area contributed by atoms with Gasteiger partial charge < -0.3 is 10.2 Å². The Labute approximate surface area is 162 Å². The fourth-order valence-electron chi connectivity index (χ4n) is 3.22. The van der Waals surface area contributed by atoms with Crippen molar-refractivity contribution in [3.8, 4) is 0 Å². The fraction of sp³-hybridized carbons (Fsp3) is 0.400. The predicted molar refractivity (Wildman–Crippen MR) is 102 cm³/mol. The molecule has 0 unspecified atom stereocenters. The first-order valence-corrected chi connectivity index (χ1v) is 9.25. The second-order valence-corrected chi connectivity index (χ2v) is 6.72. The number of amides is 1. The molecule has 1 aromatic heterocycles. The molecule has 150 valence electrons. The van der Waals surface area contributed by atoms with Crippen LogP contribution in [0.25, 0.3) is 0 Å². The van der Waals surface area contributed by atoms with Gasteiger partial charge in [0.2, 0.25) is 5.91 Å². The van der Waals surface area contributed by atoms with E-state index in [1.807, 2.05) is 41.0 Å². The van der Waals surface area contributed by atoms with Crippen LogP contribution < -0.4 is 10.2 Å². The number of carbonyl (C=O) groups is 1. The van der Waals surface area contributed by atoms with Gasteiger partial charge in [-0.3, -0.25) is 9.69 Å². The standard InChI is InChI=1S/C20H23F3N4O/c1-2-15-5-3-4-6-17(15)25-19(28)14-26-9-11-27(12-10-26)18-8-7-16(13-24-18)20(21,22)23/h3-8,13H,2,9-12,14H2,1H3,(H,25,28). The van der Waals surface area contributed by atoms with E-state index >= 15 is 0 Å². The van der Waals surface area contributed by atoms with E-state index in [-0.39, 0.29) is 12.5 Å². The molecule has 1 N–H and O–H groups in total. The Balaban J connectivity index is 1.50. The number of para-hydroxylation sites is 1. The molecule has 1 aromatic carbocycles. The molecule has 0 radical (unpaired) electrons. The molecule has 1 aliphatic rings. The number of benzene rings is 1. The normalized spacial score (nSPS) is 15.5. The molecule has 0 aliphatic carbocycles. The number of alkyl halides is 3. The molecule has 3 rings (SSSR count). The molecular formula is C20H23F3N4O. The number of piperazine rings is 1. The van der Waals surface area contributed by atoms with Crippen LogP contribution in [-0.4, -0.2) is 48.5 Å². The molecule has 0 atom stereocenters. The summed E-state index contributed by atoms with van der Waals surface area (Å²) in [6.07, 6.45) is -2.68. The van der Waals surface area contributed by atoms with Crippen molar-refractivity contribution in [3.05, 3.63) is 53.7 Å². The van der Waals surface area contributed by atoms with Crippen molar-refractivity contribution in [2.45, 2.75) is 19.5 Å². The lowest BCUT2D eigenvalue weighted by atomic mass is 10.1. The lowest BCUT2D eigenvalue weighted by Crippen LogP contribution is -2.49. The Morgan fingerprint density at radius 1 is 1.11 bits per heavy atom. The summed E-state index contributed by atoms with van der Waals surface area (Å²) in [6, 6.07) is 10.2. The van der Waals surface area contributed by atoms with Gasteiger partial charge in [0.1, 0.15) is 5.82 Å². The lowest BCUT2D eigenvalue weighted by molar-refractivity contribution is -0.137. The van der Waals surface area contributed by atoms with E-state index in [4.69, 9.17) is 0 Å². The van der Waals surface area contributed by atoms with Crippen LogP contribution in [0.1, 0.15) is 18.1 Å². The fourth-order valence-corrected chi connectivity index (χ4v) is 3.22. The summed E-state index contributed by atoms with van der Waals surface area (Å²) in [4.78, 5) is 20.2. The summed E-state index contributed by atoms with van der Waals surface area (Å²) in [6.45, 7) is 4.83. The third kappa shape index (κ3) is 5.01. The quantitative estimate of drug-likeness (QED) is 0.847. The highest BCUT2D eigenvalue weighted by Crippen LogP contribution is 2.29. The third-order valence-corrected chi connectivity index (χ3v) is 4.81. The van der Waals surface area contributed by atoms with Crippen molar-refractivity contribution in [3.63, 3.8) is 0 Å². The van der Waals surface area contributed by atoms with Crippen LogP contribution in [-0.2, 0) is 17.4 Å². The molecule has 2 aromatic rings. The molecule has 1 fully saturated rings. The monoisotopic (exact) mass is 392 g/mol. The Morgan fingerprint density at radius 3 is 2.43 bits per heavy atom. The van der Waals surface area contributed by atoms with E-state index in [2.05, 4.69) is 10.3 Å². The molecule has 0 spiro atoms. The number of aromatic nitrogens is 1. The largest absolute Gasteiger partial charge is 0.417 e. The van der Waals surface area contributed by atoms with E-state index in [9.17, 15) is 18.0 Å². The van der Waals surface area contributed by atoms with Crippen molar-refractivity contribution >= 4 is 17.4 Å². The zero-order valence-electron chi connectivity index (χ0n) is 15.7. The van der Waals surface area contributed by atoms with E-state index in [0.29, 0.717) is 32.0 Å². The van der Waals surface area contributed by atoms with Gasteiger partial charge in [-0.1, -0.05) is 25.1 Å². The van der Waals surface area contributed by atoms with Gasteiger partial charge >= 0.3 is 6.18 Å². The average Bonchev–Trinajstić information content (AvgIpc) is 2.68. The van der Waals surface area contributed by atoms with Crippen molar-refractivity contribution in [1.82, 2.24) is 9.88 Å². The van der Waals surface area contributed by atoms with Crippen LogP contribution >= 0.6 is 0 Å². The summed E-state index contributed by atoms with van der Waals surface area (Å²) >= 11 is 0. The third-order valence-electron chi connectivity index (χ3n) is 4.81. The molecule has 1 saturated heterocycles. The summed E-state index contributed by atoms with van der Waals surface area (Å²) < 4.78 is 37.9. The van der Waals surface area contributed by atoms with Crippen molar-refractivity contribution in [2.75, 3.05) is 42.9 Å². The maximum atomic E-state index is 12.6. The molecule has 0 saturated carbocycles. The van der Waals surface area contributed by atoms with E-state index in [1.54, 1.807) is 0 Å². The van der Waals surface area contributed by atoms with Gasteiger partial charge in [-0.2, -0.15) is 13.2 Å². The highest BCUT2D eigenvalue weighted by atomic mass is 19.4. The van der Waals surface area contributed by atoms with Gasteiger partial charge in [0.05, 0.1) is 12.1 Å². The van der Waals surface area contributed by atoms with E-state index in [1.165, 1.54) is 6.07 Å². The van der Waals surface area contributed by atoms with Gasteiger partial charge in [-0.15, -0.1) is 0 Å². The van der Waals surface area contributed by atoms with Gasteiger partial charge in [-0.25, -0.2) is 4.98 Å². The number of hydrogen-bond donors (Lipinski definition) is 1. The number of nitrogens with one attached hydrogen (secondary N) is 1. The number of carbonyl (C=O) groups excluding carboxylic acids is 1. The Hall–Kier alpha value is -2.61. The number of rotatable bonds is 5. The van der Waals surface area contributed by atoms with Crippen LogP contribution in [0.5, 0.6) is 0 Å². The van der Waals surface area contributed by atoms with Crippen molar-refractivity contribution < 1.29 is 18.0 Å². The number of anilines is 2. The number of hydrogen-bond acceptors (Lipinski definition) is 4. The summed E-state index contributed by atoms with van der Waals surface area (Å²) in [7, 11) is 0. The number of pyridine rings is 1. The Morgan fingerprint density at radius 2 is 1.82 bits per heavy atom. The first-order valence-electron chi connectivity index (χ1n) is 9.25. The molecule has 8 heteroatoms. The van der Waals surface area contributed by atoms with Crippen molar-refractivity contribution in [2.24, 2.45) is 0 Å². The predicted octanol–water partition coefficient (Wildman–Crippen LogP) is 3.42. The maximum Gasteiger partial charge on any atom is 0.417 e. The van der Waals surface area contributed by atoms with E-state index < -0.39 is 11.7 Å². The zero-order valence-corrected chi connectivity index (χ0v) is 15.7. The molecule has 5 nitrogen and oxygen atoms in total. The van der Waals surface area contributed by atoms with Gasteiger partial charge in [0.15, 0.2) is 0 Å². The minimum Gasteiger partial charge on any atom is -0.354 e. The first kappa shape index (κ1) is 20.1. The maximum absolute atomic E-state index is 12.6. The Kier molecular flexibility index (Phi) is 6.18. The van der Waals surface area contributed by atoms with Crippen LogP contribution in [0, 0.1) is 0 Å². The number of aryl methyl sites for hydroxylation is 1. The minimum atomic E-state index is -4.38. The molecule has 1 aliphatic heterocycles. The number of nitrogens with zero attached hydrogens (tertiary/aromatic N) is 3. The summed E-state index contributed by atoms with van der Waals surface area (Å²) in [5, 5.41) is 2.96. The topological polar surface area (TPSA) is 48.5 Å². The van der Waals surface area contributed by atoms with Gasteiger partial charge in [0, 0.05) is 38.1 Å². The molecule has 2 heterocycles. The highest BCUT2D eigenvalue weighted by Gasteiger charge is 2.31. The van der Waals surface area contributed by atoms with Crippen LogP contribution in [0.15, 0.2) is 42.6 Å². The van der Waals surface area contributed by atoms with Crippen LogP contribution in [0.3, 0.4) is 0 Å². The first-order chi connectivity index (χ1) is 13.4. The Bertz CT molecular complexity index is 800. The highest BCUT2D eigenvalue weighted by molar-refractivity contribution is 5.93. The zero-order chi connectivity index (χ0) is 20.1. The molecule has 28 heavy (non-hydrogen) atoms. The second kappa shape index (κ2) is 8.60. The van der Waals surface area contributed by atoms with Crippen LogP contribution in [0.2, 0.25) is 0 Å². The molecular weight excluding hydrogens is 369 g/mol. The van der Waals surface area contributed by atoms with Gasteiger partial charge in [0.25, 0.3) is 0 Å². The second-order valence-electron chi connectivity index (χ2n) is 6.72. The van der Waals surface area contributed by atoms with E-state index in [0.717, 1.165) is 29.9 Å².